The molecule has 0 aromatic heterocycles. The zero-order valence-electron chi connectivity index (χ0n) is 12.3. The van der Waals surface area contributed by atoms with Gasteiger partial charge in [0, 0.05) is 19.6 Å². The highest BCUT2D eigenvalue weighted by Crippen LogP contribution is 2.22. The van der Waals surface area contributed by atoms with Crippen molar-refractivity contribution in [3.63, 3.8) is 0 Å². The van der Waals surface area contributed by atoms with Gasteiger partial charge in [0.05, 0.1) is 13.0 Å². The number of rotatable bonds is 7. The van der Waals surface area contributed by atoms with Crippen molar-refractivity contribution in [1.29, 1.82) is 0 Å². The van der Waals surface area contributed by atoms with Crippen LogP contribution in [-0.4, -0.2) is 67.4 Å². The van der Waals surface area contributed by atoms with Crippen molar-refractivity contribution in [2.75, 3.05) is 33.3 Å². The van der Waals surface area contributed by atoms with Gasteiger partial charge >= 0.3 is 11.9 Å². The summed E-state index contributed by atoms with van der Waals surface area (Å²) in [5, 5.41) is 8.83. The van der Waals surface area contributed by atoms with Crippen LogP contribution < -0.4 is 0 Å². The van der Waals surface area contributed by atoms with E-state index in [4.69, 9.17) is 5.11 Å². The number of esters is 1. The first-order valence-electron chi connectivity index (χ1n) is 6.87. The molecule has 0 aromatic rings. The van der Waals surface area contributed by atoms with E-state index in [0.717, 1.165) is 4.31 Å². The molecule has 0 radical (unpaired) electrons. The van der Waals surface area contributed by atoms with Crippen molar-refractivity contribution in [2.24, 2.45) is 5.92 Å². The van der Waals surface area contributed by atoms with Crippen molar-refractivity contribution in [1.82, 2.24) is 8.61 Å². The minimum Gasteiger partial charge on any atom is -0.480 e. The van der Waals surface area contributed by atoms with Crippen LogP contribution in [0.15, 0.2) is 0 Å². The summed E-state index contributed by atoms with van der Waals surface area (Å²) in [4.78, 5) is 22.2. The monoisotopic (exact) mass is 322 g/mol. The maximum atomic E-state index is 12.4. The fourth-order valence-electron chi connectivity index (χ4n) is 2.33. The number of piperidine rings is 1. The van der Waals surface area contributed by atoms with E-state index in [1.54, 1.807) is 6.92 Å². The molecule has 0 bridgehead atoms. The van der Waals surface area contributed by atoms with Gasteiger partial charge in [0.1, 0.15) is 6.54 Å². The zero-order chi connectivity index (χ0) is 16.0. The molecule has 0 amide bonds. The third-order valence-electron chi connectivity index (χ3n) is 3.43. The van der Waals surface area contributed by atoms with Gasteiger partial charge in [0.25, 0.3) is 10.2 Å². The number of carboxylic acid groups (broad SMARTS) is 1. The minimum absolute atomic E-state index is 0.158. The number of ether oxygens (including phenoxy) is 1. The molecule has 21 heavy (non-hydrogen) atoms. The van der Waals surface area contributed by atoms with E-state index in [1.807, 2.05) is 0 Å². The Morgan fingerprint density at radius 3 is 2.33 bits per heavy atom. The molecular formula is C12H22N2O6S. The van der Waals surface area contributed by atoms with Gasteiger partial charge in [-0.05, 0) is 19.3 Å². The van der Waals surface area contributed by atoms with Crippen LogP contribution in [-0.2, 0) is 24.5 Å². The van der Waals surface area contributed by atoms with Gasteiger partial charge < -0.3 is 9.84 Å². The Hall–Kier alpha value is -1.19. The summed E-state index contributed by atoms with van der Waals surface area (Å²) in [6.45, 7) is 1.79. The number of aliphatic carboxylic acids is 1. The molecule has 8 nitrogen and oxygen atoms in total. The third-order valence-corrected chi connectivity index (χ3v) is 5.41. The van der Waals surface area contributed by atoms with Crippen LogP contribution in [0.25, 0.3) is 0 Å². The molecule has 0 atom stereocenters. The predicted molar refractivity (Wildman–Crippen MR) is 74.7 cm³/mol. The number of nitrogens with zero attached hydrogens (tertiary/aromatic N) is 2. The summed E-state index contributed by atoms with van der Waals surface area (Å²) in [6, 6.07) is 0. The molecule has 1 heterocycles. The molecule has 1 fully saturated rings. The quantitative estimate of drug-likeness (QED) is 0.657. The Balaban J connectivity index is 2.74. The Morgan fingerprint density at radius 1 is 1.33 bits per heavy atom. The highest BCUT2D eigenvalue weighted by atomic mass is 32.2. The fraction of sp³-hybridized carbons (Fsp3) is 0.833. The molecule has 0 spiro atoms. The lowest BCUT2D eigenvalue weighted by Gasteiger charge is -2.33. The number of carboxylic acids is 1. The largest absolute Gasteiger partial charge is 0.480 e. The molecule has 0 unspecified atom stereocenters. The molecule has 122 valence electrons. The molecule has 1 saturated heterocycles. The smallest absolute Gasteiger partial charge is 0.318 e. The Morgan fingerprint density at radius 2 is 1.90 bits per heavy atom. The SMILES string of the molecule is CCCN(CC(=O)O)S(=O)(=O)N1CCC(C(=O)OC)CC1. The average molecular weight is 322 g/mol. The van der Waals surface area contributed by atoms with Crippen molar-refractivity contribution >= 4 is 22.1 Å². The van der Waals surface area contributed by atoms with E-state index >= 15 is 0 Å². The Labute approximate surface area is 124 Å². The second kappa shape index (κ2) is 7.71. The van der Waals surface area contributed by atoms with Crippen LogP contribution in [0.3, 0.4) is 0 Å². The maximum Gasteiger partial charge on any atom is 0.318 e. The van der Waals surface area contributed by atoms with E-state index in [2.05, 4.69) is 4.74 Å². The highest BCUT2D eigenvalue weighted by Gasteiger charge is 2.35. The van der Waals surface area contributed by atoms with Gasteiger partial charge in [0.2, 0.25) is 0 Å². The van der Waals surface area contributed by atoms with Gasteiger partial charge in [-0.25, -0.2) is 0 Å². The highest BCUT2D eigenvalue weighted by molar-refractivity contribution is 7.86. The molecule has 1 N–H and O–H groups in total. The van der Waals surface area contributed by atoms with Gasteiger partial charge in [-0.15, -0.1) is 0 Å². The maximum absolute atomic E-state index is 12.4. The summed E-state index contributed by atoms with van der Waals surface area (Å²) in [5.74, 6) is -1.81. The second-order valence-corrected chi connectivity index (χ2v) is 6.86. The zero-order valence-corrected chi connectivity index (χ0v) is 13.1. The van der Waals surface area contributed by atoms with Crippen LogP contribution in [0.5, 0.6) is 0 Å². The molecule has 1 rings (SSSR count). The van der Waals surface area contributed by atoms with Crippen LogP contribution in [0.4, 0.5) is 0 Å². The first-order chi connectivity index (χ1) is 9.82. The van der Waals surface area contributed by atoms with E-state index in [0.29, 0.717) is 19.3 Å². The fourth-order valence-corrected chi connectivity index (χ4v) is 4.01. The predicted octanol–water partition coefficient (Wildman–Crippen LogP) is -0.0872. The number of carbonyl (C=O) groups excluding carboxylic acids is 1. The van der Waals surface area contributed by atoms with Crippen LogP contribution in [0.1, 0.15) is 26.2 Å². The lowest BCUT2D eigenvalue weighted by molar-refractivity contribution is -0.146. The number of hydrogen-bond acceptors (Lipinski definition) is 5. The van der Waals surface area contributed by atoms with Crippen molar-refractivity contribution in [3.8, 4) is 0 Å². The van der Waals surface area contributed by atoms with Crippen molar-refractivity contribution < 1.29 is 27.9 Å². The first kappa shape index (κ1) is 17.9. The normalized spacial score (nSPS) is 17.9. The van der Waals surface area contributed by atoms with Crippen LogP contribution in [0, 0.1) is 5.92 Å². The Kier molecular flexibility index (Phi) is 6.56. The van der Waals surface area contributed by atoms with Crippen molar-refractivity contribution in [3.05, 3.63) is 0 Å². The van der Waals surface area contributed by atoms with Crippen molar-refractivity contribution in [2.45, 2.75) is 26.2 Å². The molecule has 1 aliphatic rings. The van der Waals surface area contributed by atoms with Gasteiger partial charge in [-0.3, -0.25) is 9.59 Å². The summed E-state index contributed by atoms with van der Waals surface area (Å²) < 4.78 is 31.7. The summed E-state index contributed by atoms with van der Waals surface area (Å²) in [7, 11) is -2.50. The minimum atomic E-state index is -3.80. The standard InChI is InChI=1S/C12H22N2O6S/c1-3-6-14(9-11(15)16)21(18,19)13-7-4-10(5-8-13)12(17)20-2/h10H,3-9H2,1-2H3,(H,15,16). The molecule has 0 aliphatic carbocycles. The molecular weight excluding hydrogens is 300 g/mol. The third kappa shape index (κ3) is 4.65. The molecule has 0 saturated carbocycles. The number of carbonyl (C=O) groups is 2. The average Bonchev–Trinajstić information content (AvgIpc) is 2.45. The summed E-state index contributed by atoms with van der Waals surface area (Å²) in [5.41, 5.74) is 0. The first-order valence-corrected chi connectivity index (χ1v) is 8.27. The molecule has 0 aromatic carbocycles. The van der Waals surface area contributed by atoms with E-state index < -0.39 is 22.7 Å². The Bertz CT molecular complexity index is 470. The molecule has 9 heteroatoms. The van der Waals surface area contributed by atoms with E-state index in [9.17, 15) is 18.0 Å². The van der Waals surface area contributed by atoms with Crippen LogP contribution in [0.2, 0.25) is 0 Å². The van der Waals surface area contributed by atoms with Gasteiger partial charge in [0.15, 0.2) is 0 Å². The lowest BCUT2D eigenvalue weighted by Crippen LogP contribution is -2.49. The second-order valence-electron chi connectivity index (χ2n) is 4.93. The van der Waals surface area contributed by atoms with Gasteiger partial charge in [-0.2, -0.15) is 17.0 Å². The van der Waals surface area contributed by atoms with Crippen LogP contribution >= 0.6 is 0 Å². The van der Waals surface area contributed by atoms with E-state index in [1.165, 1.54) is 11.4 Å². The molecule has 1 aliphatic heterocycles. The summed E-state index contributed by atoms with van der Waals surface area (Å²) >= 11 is 0. The number of methoxy groups -OCH3 is 1. The van der Waals surface area contributed by atoms with Gasteiger partial charge in [-0.1, -0.05) is 6.92 Å². The summed E-state index contributed by atoms with van der Waals surface area (Å²) in [6.07, 6.45) is 1.31. The number of hydrogen-bond donors (Lipinski definition) is 1. The van der Waals surface area contributed by atoms with E-state index in [-0.39, 0.29) is 31.5 Å². The topological polar surface area (TPSA) is 104 Å². The lowest BCUT2D eigenvalue weighted by atomic mass is 9.99.